The molecular formula is C26H29N7O3S. The number of nitrogens with one attached hydrogen (secondary N) is 1. The Labute approximate surface area is 219 Å². The van der Waals surface area contributed by atoms with Crippen molar-refractivity contribution >= 4 is 46.7 Å². The van der Waals surface area contributed by atoms with Crippen LogP contribution in [0.2, 0.25) is 0 Å². The Kier molecular flexibility index (Phi) is 6.33. The molecule has 0 radical (unpaired) electrons. The summed E-state index contributed by atoms with van der Waals surface area (Å²) in [4.78, 5) is 55.5. The summed E-state index contributed by atoms with van der Waals surface area (Å²) in [6.07, 6.45) is 1.67. The molecule has 37 heavy (non-hydrogen) atoms. The van der Waals surface area contributed by atoms with E-state index in [2.05, 4.69) is 27.1 Å². The van der Waals surface area contributed by atoms with Gasteiger partial charge in [0.25, 0.3) is 17.1 Å². The first-order valence-electron chi connectivity index (χ1n) is 12.6. The number of thioether (sulfide) groups is 1. The van der Waals surface area contributed by atoms with Gasteiger partial charge in [0, 0.05) is 75.8 Å². The van der Waals surface area contributed by atoms with Gasteiger partial charge in [-0.15, -0.1) is 0 Å². The number of amides is 3. The van der Waals surface area contributed by atoms with Crippen molar-refractivity contribution in [2.45, 2.75) is 0 Å². The lowest BCUT2D eigenvalue weighted by Gasteiger charge is -2.33. The average molecular weight is 520 g/mol. The van der Waals surface area contributed by atoms with Gasteiger partial charge in [0.05, 0.1) is 10.6 Å². The summed E-state index contributed by atoms with van der Waals surface area (Å²) < 4.78 is 0. The summed E-state index contributed by atoms with van der Waals surface area (Å²) in [6.45, 7) is 6.62. The molecule has 4 aliphatic rings. The van der Waals surface area contributed by atoms with Gasteiger partial charge >= 0.3 is 0 Å². The van der Waals surface area contributed by atoms with Crippen molar-refractivity contribution in [1.82, 2.24) is 25.1 Å². The van der Waals surface area contributed by atoms with Crippen molar-refractivity contribution in [3.8, 4) is 0 Å². The Morgan fingerprint density at radius 1 is 0.973 bits per heavy atom. The number of carbonyl (C=O) groups excluding carboxylic acids is 3. The maximum Gasteiger partial charge on any atom is 0.290 e. The standard InChI is InChI=1S/C26H29N7O3S/c1-30-7-9-31(10-8-30)22-12-20(11-21-23(34)29-26(36)37-21)27-25(28-22)33-15-18-13-32(14-19(18)16-33)24(35)17-5-3-2-4-6-17/h2-6,11-12,18-19H,7-10,13-16H2,1H3,(H,29,34,36). The normalized spacial score (nSPS) is 25.2. The number of likely N-dealkylation sites (tertiary alicyclic amines) is 1. The largest absolute Gasteiger partial charge is 0.354 e. The van der Waals surface area contributed by atoms with Gasteiger partial charge in [-0.1, -0.05) is 18.2 Å². The topological polar surface area (TPSA) is 102 Å². The van der Waals surface area contributed by atoms with Crippen LogP contribution in [0.4, 0.5) is 16.6 Å². The SMILES string of the molecule is CN1CCN(c2cc(C=C3SC(=O)NC3=O)nc(N3CC4CN(C(=O)c5ccccc5)CC4C3)n2)CC1. The minimum Gasteiger partial charge on any atom is -0.354 e. The molecule has 2 aromatic rings. The molecule has 0 aliphatic carbocycles. The van der Waals surface area contributed by atoms with E-state index in [1.54, 1.807) is 6.08 Å². The molecule has 5 heterocycles. The molecule has 4 fully saturated rings. The van der Waals surface area contributed by atoms with Crippen molar-refractivity contribution in [2.24, 2.45) is 11.8 Å². The molecule has 3 amide bonds. The minimum atomic E-state index is -0.393. The highest BCUT2D eigenvalue weighted by atomic mass is 32.2. The monoisotopic (exact) mass is 519 g/mol. The number of hydrogen-bond acceptors (Lipinski definition) is 9. The molecular weight excluding hydrogens is 490 g/mol. The number of carbonyl (C=O) groups is 3. The van der Waals surface area contributed by atoms with Crippen LogP contribution in [0.5, 0.6) is 0 Å². The maximum absolute atomic E-state index is 12.9. The van der Waals surface area contributed by atoms with Crippen LogP contribution in [0.1, 0.15) is 16.1 Å². The highest BCUT2D eigenvalue weighted by Gasteiger charge is 2.42. The zero-order chi connectivity index (χ0) is 25.5. The van der Waals surface area contributed by atoms with Crippen LogP contribution in [-0.2, 0) is 4.79 Å². The van der Waals surface area contributed by atoms with Crippen molar-refractivity contribution in [2.75, 3.05) is 69.2 Å². The van der Waals surface area contributed by atoms with E-state index in [0.29, 0.717) is 28.4 Å². The number of hydrogen-bond donors (Lipinski definition) is 1. The van der Waals surface area contributed by atoms with Gasteiger partial charge in [-0.05, 0) is 37.0 Å². The van der Waals surface area contributed by atoms with Gasteiger partial charge in [-0.2, -0.15) is 4.98 Å². The van der Waals surface area contributed by atoms with Crippen LogP contribution >= 0.6 is 11.8 Å². The third-order valence-corrected chi connectivity index (χ3v) is 8.36. The van der Waals surface area contributed by atoms with E-state index in [9.17, 15) is 14.4 Å². The van der Waals surface area contributed by atoms with Gasteiger partial charge in [0.2, 0.25) is 5.95 Å². The van der Waals surface area contributed by atoms with Crippen LogP contribution in [0.3, 0.4) is 0 Å². The van der Waals surface area contributed by atoms with E-state index in [4.69, 9.17) is 9.97 Å². The predicted octanol–water partition coefficient (Wildman–Crippen LogP) is 1.76. The molecule has 10 nitrogen and oxygen atoms in total. The average Bonchev–Trinajstić information content (AvgIpc) is 3.57. The first-order valence-corrected chi connectivity index (χ1v) is 13.4. The van der Waals surface area contributed by atoms with Crippen molar-refractivity contribution in [3.63, 3.8) is 0 Å². The van der Waals surface area contributed by atoms with E-state index in [1.165, 1.54) is 0 Å². The number of piperazine rings is 1. The first kappa shape index (κ1) is 23.9. The van der Waals surface area contributed by atoms with E-state index >= 15 is 0 Å². The molecule has 0 bridgehead atoms. The summed E-state index contributed by atoms with van der Waals surface area (Å²) in [5.41, 5.74) is 1.34. The molecule has 2 unspecified atom stereocenters. The van der Waals surface area contributed by atoms with Crippen molar-refractivity contribution < 1.29 is 14.4 Å². The summed E-state index contributed by atoms with van der Waals surface area (Å²) >= 11 is 0.893. The Hall–Kier alpha value is -3.44. The fourth-order valence-corrected chi connectivity index (χ4v) is 6.16. The number of rotatable bonds is 4. The van der Waals surface area contributed by atoms with Gasteiger partial charge in [0.15, 0.2) is 0 Å². The number of fused-ring (bicyclic) bond motifs is 1. The molecule has 4 aliphatic heterocycles. The second-order valence-corrected chi connectivity index (χ2v) is 11.1. The molecule has 6 rings (SSSR count). The van der Waals surface area contributed by atoms with E-state index in [-0.39, 0.29) is 11.1 Å². The summed E-state index contributed by atoms with van der Waals surface area (Å²) in [6, 6.07) is 11.3. The molecule has 0 saturated carbocycles. The van der Waals surface area contributed by atoms with Gasteiger partial charge in [-0.3, -0.25) is 19.7 Å². The number of benzene rings is 1. The molecule has 1 aromatic carbocycles. The lowest BCUT2D eigenvalue weighted by molar-refractivity contribution is -0.115. The van der Waals surface area contributed by atoms with Crippen LogP contribution in [0.15, 0.2) is 41.3 Å². The summed E-state index contributed by atoms with van der Waals surface area (Å²) in [7, 11) is 2.11. The molecule has 1 aromatic heterocycles. The van der Waals surface area contributed by atoms with Gasteiger partial charge in [0.1, 0.15) is 5.82 Å². The lowest BCUT2D eigenvalue weighted by atomic mass is 10.0. The van der Waals surface area contributed by atoms with E-state index in [0.717, 1.165) is 75.5 Å². The smallest absolute Gasteiger partial charge is 0.290 e. The summed E-state index contributed by atoms with van der Waals surface area (Å²) in [5, 5.41) is 1.94. The fraction of sp³-hybridized carbons (Fsp3) is 0.423. The fourth-order valence-electron chi connectivity index (χ4n) is 5.49. The Balaban J connectivity index is 1.22. The number of imide groups is 1. The molecule has 2 atom stereocenters. The van der Waals surface area contributed by atoms with Crippen LogP contribution in [-0.4, -0.2) is 96.2 Å². The zero-order valence-electron chi connectivity index (χ0n) is 20.7. The molecule has 192 valence electrons. The molecule has 4 saturated heterocycles. The molecule has 1 N–H and O–H groups in total. The number of aromatic nitrogens is 2. The lowest BCUT2D eigenvalue weighted by Crippen LogP contribution is -2.45. The number of likely N-dealkylation sites (N-methyl/N-ethyl adjacent to an activating group) is 1. The predicted molar refractivity (Wildman–Crippen MR) is 142 cm³/mol. The number of anilines is 2. The maximum atomic E-state index is 12.9. The van der Waals surface area contributed by atoms with Gasteiger partial charge < -0.3 is 19.6 Å². The van der Waals surface area contributed by atoms with Gasteiger partial charge in [-0.25, -0.2) is 4.98 Å². The second-order valence-electron chi connectivity index (χ2n) is 10.1. The molecule has 0 spiro atoms. The van der Waals surface area contributed by atoms with Crippen LogP contribution in [0.25, 0.3) is 6.08 Å². The third kappa shape index (κ3) is 4.93. The van der Waals surface area contributed by atoms with Crippen LogP contribution in [0, 0.1) is 11.8 Å². The Morgan fingerprint density at radius 2 is 1.68 bits per heavy atom. The van der Waals surface area contributed by atoms with Crippen molar-refractivity contribution in [3.05, 3.63) is 52.6 Å². The van der Waals surface area contributed by atoms with E-state index < -0.39 is 5.91 Å². The highest BCUT2D eigenvalue weighted by Crippen LogP contribution is 2.35. The quantitative estimate of drug-likeness (QED) is 0.606. The Bertz CT molecular complexity index is 1250. The van der Waals surface area contributed by atoms with E-state index in [1.807, 2.05) is 41.3 Å². The first-order chi connectivity index (χ1) is 17.9. The molecule has 11 heteroatoms. The van der Waals surface area contributed by atoms with Crippen molar-refractivity contribution in [1.29, 1.82) is 0 Å². The second kappa shape index (κ2) is 9.79. The highest BCUT2D eigenvalue weighted by molar-refractivity contribution is 8.18. The van der Waals surface area contributed by atoms with Crippen LogP contribution < -0.4 is 15.1 Å². The summed E-state index contributed by atoms with van der Waals surface area (Å²) in [5.74, 6) is 1.88. The Morgan fingerprint density at radius 3 is 2.32 bits per heavy atom. The third-order valence-electron chi connectivity index (χ3n) is 7.55. The number of nitrogens with zero attached hydrogens (tertiary/aromatic N) is 6. The minimum absolute atomic E-state index is 0.0886. The zero-order valence-corrected chi connectivity index (χ0v) is 21.5.